The Labute approximate surface area is 124 Å². The largest absolute Gasteiger partial charge is 0.398 e. The molecule has 1 amide bonds. The van der Waals surface area contributed by atoms with Crippen LogP contribution in [-0.2, 0) is 11.3 Å². The molecule has 0 spiro atoms. The van der Waals surface area contributed by atoms with Gasteiger partial charge in [0.2, 0.25) is 5.91 Å². The number of rotatable bonds is 4. The van der Waals surface area contributed by atoms with Crippen LogP contribution >= 0.6 is 0 Å². The van der Waals surface area contributed by atoms with Crippen molar-refractivity contribution >= 4 is 11.6 Å². The highest BCUT2D eigenvalue weighted by Crippen LogP contribution is 2.31. The Morgan fingerprint density at radius 3 is 2.81 bits per heavy atom. The Morgan fingerprint density at radius 1 is 1.48 bits per heavy atom. The Morgan fingerprint density at radius 2 is 2.14 bits per heavy atom. The van der Waals surface area contributed by atoms with Gasteiger partial charge in [-0.15, -0.1) is 0 Å². The van der Waals surface area contributed by atoms with Crippen LogP contribution in [0, 0.1) is 5.92 Å². The summed E-state index contributed by atoms with van der Waals surface area (Å²) in [6, 6.07) is 2.83. The summed E-state index contributed by atoms with van der Waals surface area (Å²) in [5, 5.41) is 13.1. The molecule has 4 N–H and O–H groups in total. The number of hydrogen-bond donors (Lipinski definition) is 3. The summed E-state index contributed by atoms with van der Waals surface area (Å²) in [6.07, 6.45) is 4.79. The van der Waals surface area contributed by atoms with Gasteiger partial charge in [-0.2, -0.15) is 0 Å². The van der Waals surface area contributed by atoms with Crippen LogP contribution in [0.2, 0.25) is 0 Å². The number of nitrogens with two attached hydrogens (primary N) is 1. The van der Waals surface area contributed by atoms with Gasteiger partial charge in [-0.05, 0) is 37.7 Å². The van der Waals surface area contributed by atoms with E-state index in [0.717, 1.165) is 12.8 Å². The van der Waals surface area contributed by atoms with Crippen LogP contribution in [0.4, 0.5) is 5.69 Å². The number of pyridine rings is 1. The molecule has 1 aromatic heterocycles. The summed E-state index contributed by atoms with van der Waals surface area (Å²) in [6.45, 7) is 2.32. The summed E-state index contributed by atoms with van der Waals surface area (Å²) in [4.78, 5) is 23.5. The van der Waals surface area contributed by atoms with Crippen LogP contribution < -0.4 is 16.6 Å². The number of hydrogen-bond acceptors (Lipinski definition) is 4. The third-order valence-corrected chi connectivity index (χ3v) is 4.14. The molecule has 6 nitrogen and oxygen atoms in total. The van der Waals surface area contributed by atoms with Gasteiger partial charge in [-0.25, -0.2) is 0 Å². The number of anilines is 1. The molecular formula is C15H23N3O3. The quantitative estimate of drug-likeness (QED) is 0.752. The Balaban J connectivity index is 1.87. The van der Waals surface area contributed by atoms with E-state index >= 15 is 0 Å². The smallest absolute Gasteiger partial charge is 0.251 e. The summed E-state index contributed by atoms with van der Waals surface area (Å²) in [7, 11) is 0. The molecule has 1 fully saturated rings. The highest BCUT2D eigenvalue weighted by molar-refractivity contribution is 5.75. The van der Waals surface area contributed by atoms with E-state index in [1.807, 2.05) is 0 Å². The van der Waals surface area contributed by atoms with Gasteiger partial charge in [0.05, 0.1) is 5.60 Å². The zero-order chi connectivity index (χ0) is 15.5. The molecule has 0 aromatic carbocycles. The molecule has 1 heterocycles. The predicted molar refractivity (Wildman–Crippen MR) is 80.7 cm³/mol. The van der Waals surface area contributed by atoms with Crippen molar-refractivity contribution in [3.8, 4) is 0 Å². The number of aromatic nitrogens is 1. The highest BCUT2D eigenvalue weighted by Gasteiger charge is 2.31. The maximum Gasteiger partial charge on any atom is 0.251 e. The molecule has 0 radical (unpaired) electrons. The summed E-state index contributed by atoms with van der Waals surface area (Å²) in [5.41, 5.74) is 4.94. The molecule has 0 atom stereocenters. The summed E-state index contributed by atoms with van der Waals surface area (Å²) < 4.78 is 1.26. The number of amides is 1. The molecule has 0 unspecified atom stereocenters. The van der Waals surface area contributed by atoms with Gasteiger partial charge in [-0.3, -0.25) is 9.59 Å². The third kappa shape index (κ3) is 4.32. The van der Waals surface area contributed by atoms with Gasteiger partial charge < -0.3 is 20.7 Å². The lowest BCUT2D eigenvalue weighted by atomic mass is 9.79. The maximum atomic E-state index is 11.9. The lowest BCUT2D eigenvalue weighted by Crippen LogP contribution is -2.46. The summed E-state index contributed by atoms with van der Waals surface area (Å²) >= 11 is 0. The molecule has 1 aliphatic carbocycles. The first-order valence-corrected chi connectivity index (χ1v) is 7.33. The van der Waals surface area contributed by atoms with Crippen LogP contribution in [0.3, 0.4) is 0 Å². The fourth-order valence-electron chi connectivity index (χ4n) is 2.62. The molecular weight excluding hydrogens is 270 g/mol. The SMILES string of the molecule is CC1CCC(O)(CNC(=O)Cn2cc(N)ccc2=O)CC1. The normalized spacial score (nSPS) is 25.5. The van der Waals surface area contributed by atoms with E-state index in [0.29, 0.717) is 24.4 Å². The average molecular weight is 293 g/mol. The van der Waals surface area contributed by atoms with Crippen molar-refractivity contribution in [2.45, 2.75) is 44.8 Å². The van der Waals surface area contributed by atoms with E-state index in [2.05, 4.69) is 12.2 Å². The van der Waals surface area contributed by atoms with Gasteiger partial charge >= 0.3 is 0 Å². The van der Waals surface area contributed by atoms with E-state index in [4.69, 9.17) is 5.73 Å². The van der Waals surface area contributed by atoms with Crippen LogP contribution in [-0.4, -0.2) is 27.7 Å². The van der Waals surface area contributed by atoms with E-state index in [-0.39, 0.29) is 24.6 Å². The minimum Gasteiger partial charge on any atom is -0.398 e. The fourth-order valence-corrected chi connectivity index (χ4v) is 2.62. The second kappa shape index (κ2) is 6.30. The molecule has 1 aliphatic rings. The maximum absolute atomic E-state index is 11.9. The molecule has 0 bridgehead atoms. The van der Waals surface area contributed by atoms with Crippen molar-refractivity contribution in [1.29, 1.82) is 0 Å². The van der Waals surface area contributed by atoms with E-state index in [1.54, 1.807) is 0 Å². The van der Waals surface area contributed by atoms with E-state index < -0.39 is 5.60 Å². The first-order chi connectivity index (χ1) is 9.88. The molecule has 21 heavy (non-hydrogen) atoms. The van der Waals surface area contributed by atoms with Crippen molar-refractivity contribution < 1.29 is 9.90 Å². The third-order valence-electron chi connectivity index (χ3n) is 4.14. The van der Waals surface area contributed by atoms with E-state index in [1.165, 1.54) is 22.9 Å². The molecule has 2 rings (SSSR count). The van der Waals surface area contributed by atoms with Gasteiger partial charge in [0.15, 0.2) is 0 Å². The van der Waals surface area contributed by atoms with Crippen LogP contribution in [0.1, 0.15) is 32.6 Å². The number of carbonyl (C=O) groups is 1. The lowest BCUT2D eigenvalue weighted by molar-refractivity contribution is -0.123. The molecule has 6 heteroatoms. The van der Waals surface area contributed by atoms with Gasteiger partial charge in [0.1, 0.15) is 6.54 Å². The highest BCUT2D eigenvalue weighted by atomic mass is 16.3. The minimum atomic E-state index is -0.817. The Bertz CT molecular complexity index is 560. The van der Waals surface area contributed by atoms with Gasteiger partial charge in [0, 0.05) is 24.5 Å². The van der Waals surface area contributed by atoms with Crippen LogP contribution in [0.15, 0.2) is 23.1 Å². The van der Waals surface area contributed by atoms with Crippen molar-refractivity contribution in [3.05, 3.63) is 28.7 Å². The van der Waals surface area contributed by atoms with Gasteiger partial charge in [-0.1, -0.05) is 6.92 Å². The lowest BCUT2D eigenvalue weighted by Gasteiger charge is -2.34. The number of nitrogens with one attached hydrogen (secondary N) is 1. The molecule has 0 saturated heterocycles. The average Bonchev–Trinajstić information content (AvgIpc) is 2.45. The summed E-state index contributed by atoms with van der Waals surface area (Å²) in [5.74, 6) is 0.335. The number of nitrogens with zero attached hydrogens (tertiary/aromatic N) is 1. The van der Waals surface area contributed by atoms with Crippen LogP contribution in [0.5, 0.6) is 0 Å². The first kappa shape index (κ1) is 15.6. The molecule has 0 aliphatic heterocycles. The monoisotopic (exact) mass is 293 g/mol. The molecule has 1 aromatic rings. The zero-order valence-electron chi connectivity index (χ0n) is 12.3. The van der Waals surface area contributed by atoms with Crippen molar-refractivity contribution in [2.24, 2.45) is 5.92 Å². The number of aliphatic hydroxyl groups is 1. The molecule has 1 saturated carbocycles. The molecule has 116 valence electrons. The predicted octanol–water partition coefficient (Wildman–Crippen LogP) is 0.488. The fraction of sp³-hybridized carbons (Fsp3) is 0.600. The first-order valence-electron chi connectivity index (χ1n) is 7.33. The zero-order valence-corrected chi connectivity index (χ0v) is 12.3. The Kier molecular flexibility index (Phi) is 4.67. The number of carbonyl (C=O) groups excluding carboxylic acids is 1. The second-order valence-electron chi connectivity index (χ2n) is 6.11. The Hall–Kier alpha value is -1.82. The van der Waals surface area contributed by atoms with Crippen molar-refractivity contribution in [3.63, 3.8) is 0 Å². The number of nitrogen functional groups attached to an aromatic ring is 1. The topological polar surface area (TPSA) is 97.3 Å². The van der Waals surface area contributed by atoms with Crippen molar-refractivity contribution in [2.75, 3.05) is 12.3 Å². The minimum absolute atomic E-state index is 0.0869. The van der Waals surface area contributed by atoms with Crippen LogP contribution in [0.25, 0.3) is 0 Å². The van der Waals surface area contributed by atoms with Crippen molar-refractivity contribution in [1.82, 2.24) is 9.88 Å². The van der Waals surface area contributed by atoms with E-state index in [9.17, 15) is 14.7 Å². The van der Waals surface area contributed by atoms with Gasteiger partial charge in [0.25, 0.3) is 5.56 Å². The second-order valence-corrected chi connectivity index (χ2v) is 6.11. The standard InChI is InChI=1S/C15H23N3O3/c1-11-4-6-15(21,7-5-11)10-17-13(19)9-18-8-12(16)2-3-14(18)20/h2-3,8,11,21H,4-7,9-10,16H2,1H3,(H,17,19).